The van der Waals surface area contributed by atoms with E-state index in [0.717, 1.165) is 12.8 Å². The molecule has 0 spiro atoms. The molecule has 0 aromatic heterocycles. The van der Waals surface area contributed by atoms with Crippen molar-refractivity contribution in [2.45, 2.75) is 37.9 Å². The molecule has 2 saturated carbocycles. The molecule has 2 aliphatic rings. The number of halogens is 2. The lowest BCUT2D eigenvalue weighted by atomic mass is 9.70. The fraction of sp³-hybridized carbons (Fsp3) is 0.900. The van der Waals surface area contributed by atoms with Gasteiger partial charge in [-0.2, -0.15) is 0 Å². The highest BCUT2D eigenvalue weighted by atomic mass is 35.5. The molecule has 0 aromatic rings. The smallest absolute Gasteiger partial charge is 0.179 e. The monoisotopic (exact) mass is 220 g/mol. The van der Waals surface area contributed by atoms with Crippen molar-refractivity contribution in [3.63, 3.8) is 0 Å². The molecule has 3 heteroatoms. The highest BCUT2D eigenvalue weighted by Crippen LogP contribution is 2.69. The van der Waals surface area contributed by atoms with Crippen molar-refractivity contribution in [1.29, 1.82) is 0 Å². The van der Waals surface area contributed by atoms with Gasteiger partial charge in [-0.3, -0.25) is 4.79 Å². The van der Waals surface area contributed by atoms with Gasteiger partial charge in [0.2, 0.25) is 0 Å². The molecule has 13 heavy (non-hydrogen) atoms. The first-order valence-corrected chi connectivity index (χ1v) is 5.43. The molecule has 0 aromatic carbocycles. The predicted molar refractivity (Wildman–Crippen MR) is 54.1 cm³/mol. The van der Waals surface area contributed by atoms with E-state index in [9.17, 15) is 4.79 Å². The maximum atomic E-state index is 12.0. The molecule has 0 heterocycles. The van der Waals surface area contributed by atoms with Crippen LogP contribution in [-0.4, -0.2) is 10.1 Å². The van der Waals surface area contributed by atoms with Gasteiger partial charge in [0.05, 0.1) is 0 Å². The molecule has 0 saturated heterocycles. The molecule has 2 atom stereocenters. The number of alkyl halides is 2. The van der Waals surface area contributed by atoms with Crippen LogP contribution in [0.15, 0.2) is 0 Å². The van der Waals surface area contributed by atoms with E-state index in [1.54, 1.807) is 0 Å². The average Bonchev–Trinajstić information content (AvgIpc) is 2.26. The molecule has 74 valence electrons. The van der Waals surface area contributed by atoms with Crippen LogP contribution >= 0.6 is 23.2 Å². The quantitative estimate of drug-likeness (QED) is 0.574. The van der Waals surface area contributed by atoms with Crippen molar-refractivity contribution in [2.75, 3.05) is 0 Å². The third-order valence-corrected chi connectivity index (χ3v) is 5.34. The molecule has 2 rings (SSSR count). The number of carbonyl (C=O) groups is 1. The van der Waals surface area contributed by atoms with Crippen LogP contribution in [0.1, 0.15) is 33.6 Å². The Morgan fingerprint density at radius 3 is 2.08 bits per heavy atom. The molecule has 0 radical (unpaired) electrons. The van der Waals surface area contributed by atoms with Crippen molar-refractivity contribution < 1.29 is 4.79 Å². The van der Waals surface area contributed by atoms with Crippen molar-refractivity contribution >= 4 is 29.0 Å². The van der Waals surface area contributed by atoms with E-state index in [4.69, 9.17) is 23.2 Å². The number of Topliss-reactive ketones (excluding diaryl/α,β-unsaturated/α-hetero) is 1. The fourth-order valence-electron chi connectivity index (χ4n) is 3.07. The van der Waals surface area contributed by atoms with Crippen LogP contribution < -0.4 is 0 Å². The van der Waals surface area contributed by atoms with E-state index in [-0.39, 0.29) is 22.5 Å². The Hall–Kier alpha value is 0.250. The Bertz CT molecular complexity index is 283. The summed E-state index contributed by atoms with van der Waals surface area (Å²) in [5, 5.41) is 0. The van der Waals surface area contributed by atoms with E-state index >= 15 is 0 Å². The van der Waals surface area contributed by atoms with Crippen molar-refractivity contribution in [1.82, 2.24) is 0 Å². The number of carbonyl (C=O) groups excluding carboxylic acids is 1. The van der Waals surface area contributed by atoms with Gasteiger partial charge in [-0.15, -0.1) is 0 Å². The standard InChI is InChI=1S/C10H14Cl2O/c1-8(2)6-4-5-9(8,3)7(13)10(6,11)12/h6H,4-5H2,1-3H3. The maximum Gasteiger partial charge on any atom is 0.179 e. The van der Waals surface area contributed by atoms with Crippen LogP contribution in [0.3, 0.4) is 0 Å². The third kappa shape index (κ3) is 0.835. The van der Waals surface area contributed by atoms with Crippen molar-refractivity contribution in [3.8, 4) is 0 Å². The highest BCUT2D eigenvalue weighted by molar-refractivity contribution is 6.59. The van der Waals surface area contributed by atoms with E-state index in [2.05, 4.69) is 13.8 Å². The minimum atomic E-state index is -1.13. The van der Waals surface area contributed by atoms with Crippen molar-refractivity contribution in [3.05, 3.63) is 0 Å². The van der Waals surface area contributed by atoms with E-state index in [1.165, 1.54) is 0 Å². The first kappa shape index (κ1) is 9.79. The lowest BCUT2D eigenvalue weighted by Crippen LogP contribution is -2.37. The average molecular weight is 221 g/mol. The minimum absolute atomic E-state index is 0.0320. The van der Waals surface area contributed by atoms with Crippen LogP contribution in [0.25, 0.3) is 0 Å². The minimum Gasteiger partial charge on any atom is -0.296 e. The number of fused-ring (bicyclic) bond motifs is 2. The molecule has 0 aliphatic heterocycles. The fourth-order valence-corrected chi connectivity index (χ4v) is 4.25. The normalized spacial score (nSPS) is 45.6. The number of rotatable bonds is 0. The predicted octanol–water partition coefficient (Wildman–Crippen LogP) is 3.19. The zero-order chi connectivity index (χ0) is 10.1. The summed E-state index contributed by atoms with van der Waals surface area (Å²) in [6.07, 6.45) is 1.91. The lowest BCUT2D eigenvalue weighted by molar-refractivity contribution is -0.128. The van der Waals surface area contributed by atoms with Gasteiger partial charge in [0, 0.05) is 11.3 Å². The van der Waals surface area contributed by atoms with E-state index < -0.39 is 4.33 Å². The molecule has 0 amide bonds. The molecular weight excluding hydrogens is 207 g/mol. The summed E-state index contributed by atoms with van der Waals surface area (Å²) in [5.74, 6) is 0.158. The SMILES string of the molecule is CC12CCC(C(Cl)(Cl)C1=O)C2(C)C. The summed E-state index contributed by atoms with van der Waals surface area (Å²) >= 11 is 12.2. The maximum absolute atomic E-state index is 12.0. The van der Waals surface area contributed by atoms with Gasteiger partial charge in [-0.1, -0.05) is 44.0 Å². The molecule has 0 N–H and O–H groups in total. The third-order valence-electron chi connectivity index (χ3n) is 4.47. The van der Waals surface area contributed by atoms with Gasteiger partial charge >= 0.3 is 0 Å². The molecule has 2 unspecified atom stereocenters. The molecular formula is C10H14Cl2O. The Morgan fingerprint density at radius 2 is 1.85 bits per heavy atom. The first-order valence-electron chi connectivity index (χ1n) is 4.67. The second-order valence-electron chi connectivity index (χ2n) is 5.10. The topological polar surface area (TPSA) is 17.1 Å². The highest BCUT2D eigenvalue weighted by Gasteiger charge is 2.72. The number of hydrogen-bond donors (Lipinski definition) is 0. The van der Waals surface area contributed by atoms with Gasteiger partial charge in [-0.25, -0.2) is 0 Å². The Kier molecular flexibility index (Phi) is 1.69. The van der Waals surface area contributed by atoms with Crippen LogP contribution in [0.2, 0.25) is 0 Å². The van der Waals surface area contributed by atoms with Gasteiger partial charge in [0.1, 0.15) is 0 Å². The summed E-state index contributed by atoms with van der Waals surface area (Å²) in [7, 11) is 0. The van der Waals surface area contributed by atoms with Crippen LogP contribution in [0, 0.1) is 16.7 Å². The molecule has 2 bridgehead atoms. The summed E-state index contributed by atoms with van der Waals surface area (Å²) in [6.45, 7) is 6.21. The molecule has 1 nitrogen and oxygen atoms in total. The van der Waals surface area contributed by atoms with Crippen molar-refractivity contribution in [2.24, 2.45) is 16.7 Å². The van der Waals surface area contributed by atoms with E-state index in [1.807, 2.05) is 6.92 Å². The number of hydrogen-bond acceptors (Lipinski definition) is 1. The van der Waals surface area contributed by atoms with E-state index in [0.29, 0.717) is 0 Å². The first-order chi connectivity index (χ1) is 5.74. The van der Waals surface area contributed by atoms with Crippen LogP contribution in [-0.2, 0) is 4.79 Å². The second-order valence-corrected chi connectivity index (χ2v) is 6.48. The Labute approximate surface area is 88.8 Å². The number of ketones is 1. The summed E-state index contributed by atoms with van der Waals surface area (Å²) in [5.41, 5.74) is -0.352. The largest absolute Gasteiger partial charge is 0.296 e. The van der Waals surface area contributed by atoms with Crippen LogP contribution in [0.5, 0.6) is 0 Å². The molecule has 2 fully saturated rings. The van der Waals surface area contributed by atoms with Crippen LogP contribution in [0.4, 0.5) is 0 Å². The summed E-state index contributed by atoms with van der Waals surface area (Å²) < 4.78 is -1.13. The lowest BCUT2D eigenvalue weighted by Gasteiger charge is -2.31. The van der Waals surface area contributed by atoms with Gasteiger partial charge in [0.25, 0.3) is 0 Å². The Morgan fingerprint density at radius 1 is 1.31 bits per heavy atom. The molecule has 2 aliphatic carbocycles. The van der Waals surface area contributed by atoms with Gasteiger partial charge in [-0.05, 0) is 18.3 Å². The van der Waals surface area contributed by atoms with Gasteiger partial charge in [0.15, 0.2) is 10.1 Å². The second kappa shape index (κ2) is 2.25. The summed E-state index contributed by atoms with van der Waals surface area (Å²) in [4.78, 5) is 12.0. The Balaban J connectivity index is 2.58. The zero-order valence-corrected chi connectivity index (χ0v) is 9.67. The van der Waals surface area contributed by atoms with Gasteiger partial charge < -0.3 is 0 Å². The summed E-state index contributed by atoms with van der Waals surface area (Å²) in [6, 6.07) is 0. The zero-order valence-electron chi connectivity index (χ0n) is 8.16.